The average Bonchev–Trinajstić information content (AvgIpc) is 2.13. The van der Waals surface area contributed by atoms with Crippen LogP contribution < -0.4 is 15.8 Å². The first-order valence-electron chi connectivity index (χ1n) is 4.75. The molecule has 6 heteroatoms. The molecule has 1 aliphatic heterocycles. The Morgan fingerprint density at radius 3 is 2.12 bits per heavy atom. The third kappa shape index (κ3) is 2.28. The van der Waals surface area contributed by atoms with Gasteiger partial charge in [0.05, 0.1) is 5.54 Å². The van der Waals surface area contributed by atoms with Gasteiger partial charge in [-0.15, -0.1) is 13.2 Å². The van der Waals surface area contributed by atoms with Gasteiger partial charge in [-0.3, -0.25) is 0 Å². The Balaban J connectivity index is 2.10. The maximum Gasteiger partial charge on any atom is 0.573 e. The molecule has 0 amide bonds. The molecule has 0 aromatic heterocycles. The fourth-order valence-corrected chi connectivity index (χ4v) is 1.59. The highest BCUT2D eigenvalue weighted by Gasteiger charge is 2.35. The van der Waals surface area contributed by atoms with Crippen LogP contribution in [0.2, 0.25) is 0 Å². The molecule has 16 heavy (non-hydrogen) atoms. The Labute approximate surface area is 90.4 Å². The SMILES string of the molecule is NC1(c2ccc(OC(F)(F)F)cc2)CNC1. The lowest BCUT2D eigenvalue weighted by Gasteiger charge is -2.39. The van der Waals surface area contributed by atoms with Crippen LogP contribution in [-0.4, -0.2) is 19.5 Å². The van der Waals surface area contributed by atoms with Crippen molar-refractivity contribution in [1.29, 1.82) is 0 Å². The molecule has 2 rings (SSSR count). The van der Waals surface area contributed by atoms with E-state index in [1.807, 2.05) is 0 Å². The van der Waals surface area contributed by atoms with Crippen molar-refractivity contribution in [2.75, 3.05) is 13.1 Å². The van der Waals surface area contributed by atoms with Crippen molar-refractivity contribution in [3.8, 4) is 5.75 Å². The molecule has 0 bridgehead atoms. The number of ether oxygens (including phenoxy) is 1. The van der Waals surface area contributed by atoms with Crippen LogP contribution in [-0.2, 0) is 5.54 Å². The molecule has 1 saturated heterocycles. The summed E-state index contributed by atoms with van der Waals surface area (Å²) in [4.78, 5) is 0. The van der Waals surface area contributed by atoms with E-state index in [0.29, 0.717) is 13.1 Å². The average molecular weight is 232 g/mol. The monoisotopic (exact) mass is 232 g/mol. The van der Waals surface area contributed by atoms with E-state index in [2.05, 4.69) is 10.1 Å². The fraction of sp³-hybridized carbons (Fsp3) is 0.400. The Morgan fingerprint density at radius 1 is 1.19 bits per heavy atom. The largest absolute Gasteiger partial charge is 0.573 e. The number of rotatable bonds is 2. The molecule has 1 aromatic rings. The summed E-state index contributed by atoms with van der Waals surface area (Å²) in [6.45, 7) is 1.26. The summed E-state index contributed by atoms with van der Waals surface area (Å²) in [5.74, 6) is -0.230. The Hall–Kier alpha value is -1.27. The van der Waals surface area contributed by atoms with Crippen LogP contribution >= 0.6 is 0 Å². The second-order valence-corrected chi connectivity index (χ2v) is 3.83. The van der Waals surface area contributed by atoms with Crippen LogP contribution in [0.3, 0.4) is 0 Å². The zero-order chi connectivity index (χ0) is 11.8. The summed E-state index contributed by atoms with van der Waals surface area (Å²) in [5, 5.41) is 3.02. The molecule has 0 saturated carbocycles. The maximum atomic E-state index is 11.9. The van der Waals surface area contributed by atoms with Gasteiger partial charge in [0, 0.05) is 13.1 Å². The first kappa shape index (κ1) is 11.2. The van der Waals surface area contributed by atoms with Crippen molar-refractivity contribution in [1.82, 2.24) is 5.32 Å². The molecule has 1 heterocycles. The second kappa shape index (κ2) is 3.64. The Bertz CT molecular complexity index is 371. The van der Waals surface area contributed by atoms with Crippen LogP contribution in [0.4, 0.5) is 13.2 Å². The topological polar surface area (TPSA) is 47.3 Å². The number of hydrogen-bond donors (Lipinski definition) is 2. The minimum absolute atomic E-state index is 0.230. The van der Waals surface area contributed by atoms with Gasteiger partial charge in [0.15, 0.2) is 0 Å². The van der Waals surface area contributed by atoms with Crippen molar-refractivity contribution >= 4 is 0 Å². The van der Waals surface area contributed by atoms with Crippen LogP contribution in [0.15, 0.2) is 24.3 Å². The molecule has 0 radical (unpaired) electrons. The molecule has 0 spiro atoms. The first-order chi connectivity index (χ1) is 7.39. The lowest BCUT2D eigenvalue weighted by Crippen LogP contribution is -2.62. The van der Waals surface area contributed by atoms with E-state index in [1.54, 1.807) is 12.1 Å². The number of nitrogens with one attached hydrogen (secondary N) is 1. The molecule has 1 fully saturated rings. The van der Waals surface area contributed by atoms with Gasteiger partial charge >= 0.3 is 6.36 Å². The van der Waals surface area contributed by atoms with E-state index in [-0.39, 0.29) is 5.75 Å². The van der Waals surface area contributed by atoms with Gasteiger partial charge in [-0.05, 0) is 17.7 Å². The van der Waals surface area contributed by atoms with Gasteiger partial charge in [-0.25, -0.2) is 0 Å². The molecular weight excluding hydrogens is 221 g/mol. The smallest absolute Gasteiger partial charge is 0.406 e. The van der Waals surface area contributed by atoms with Gasteiger partial charge in [0.25, 0.3) is 0 Å². The van der Waals surface area contributed by atoms with Crippen LogP contribution in [0.1, 0.15) is 5.56 Å². The highest BCUT2D eigenvalue weighted by Crippen LogP contribution is 2.27. The number of alkyl halides is 3. The predicted molar refractivity (Wildman–Crippen MR) is 51.9 cm³/mol. The fourth-order valence-electron chi connectivity index (χ4n) is 1.59. The summed E-state index contributed by atoms with van der Waals surface area (Å²) in [5.41, 5.74) is 6.32. The van der Waals surface area contributed by atoms with Gasteiger partial charge < -0.3 is 15.8 Å². The lowest BCUT2D eigenvalue weighted by molar-refractivity contribution is -0.274. The van der Waals surface area contributed by atoms with Crippen LogP contribution in [0, 0.1) is 0 Å². The highest BCUT2D eigenvalue weighted by atomic mass is 19.4. The van der Waals surface area contributed by atoms with Crippen molar-refractivity contribution < 1.29 is 17.9 Å². The van der Waals surface area contributed by atoms with Gasteiger partial charge in [-0.2, -0.15) is 0 Å². The predicted octanol–water partition coefficient (Wildman–Crippen LogP) is 1.34. The van der Waals surface area contributed by atoms with Crippen molar-refractivity contribution in [3.05, 3.63) is 29.8 Å². The summed E-state index contributed by atoms with van der Waals surface area (Å²) in [6, 6.07) is 5.66. The molecule has 0 atom stereocenters. The molecular formula is C10H11F3N2O. The van der Waals surface area contributed by atoms with E-state index < -0.39 is 11.9 Å². The van der Waals surface area contributed by atoms with Gasteiger partial charge in [0.1, 0.15) is 5.75 Å². The summed E-state index contributed by atoms with van der Waals surface area (Å²) >= 11 is 0. The summed E-state index contributed by atoms with van der Waals surface area (Å²) < 4.78 is 39.5. The van der Waals surface area contributed by atoms with E-state index in [9.17, 15) is 13.2 Å². The molecule has 1 aromatic carbocycles. The summed E-state index contributed by atoms with van der Waals surface area (Å²) in [6.07, 6.45) is -4.65. The first-order valence-corrected chi connectivity index (χ1v) is 4.75. The molecule has 88 valence electrons. The lowest BCUT2D eigenvalue weighted by atomic mass is 9.85. The Kier molecular flexibility index (Phi) is 2.55. The number of benzene rings is 1. The summed E-state index contributed by atoms with van der Waals surface area (Å²) in [7, 11) is 0. The normalized spacial score (nSPS) is 19.0. The quantitative estimate of drug-likeness (QED) is 0.809. The molecule has 1 aliphatic rings. The minimum atomic E-state index is -4.65. The van der Waals surface area contributed by atoms with E-state index in [4.69, 9.17) is 5.73 Å². The standard InChI is InChI=1S/C10H11F3N2O/c11-10(12,13)16-8-3-1-7(2-4-8)9(14)5-15-6-9/h1-4,15H,5-6,14H2. The second-order valence-electron chi connectivity index (χ2n) is 3.83. The Morgan fingerprint density at radius 2 is 1.75 bits per heavy atom. The highest BCUT2D eigenvalue weighted by molar-refractivity contribution is 5.34. The zero-order valence-corrected chi connectivity index (χ0v) is 8.34. The maximum absolute atomic E-state index is 11.9. The number of nitrogens with two attached hydrogens (primary N) is 1. The molecule has 3 N–H and O–H groups in total. The van der Waals surface area contributed by atoms with Crippen molar-refractivity contribution in [3.63, 3.8) is 0 Å². The zero-order valence-electron chi connectivity index (χ0n) is 8.34. The van der Waals surface area contributed by atoms with Gasteiger partial charge in [-0.1, -0.05) is 12.1 Å². The van der Waals surface area contributed by atoms with Crippen molar-refractivity contribution in [2.24, 2.45) is 5.73 Å². The van der Waals surface area contributed by atoms with E-state index in [0.717, 1.165) is 5.56 Å². The number of halogens is 3. The third-order valence-corrected chi connectivity index (χ3v) is 2.54. The molecule has 0 aliphatic carbocycles. The van der Waals surface area contributed by atoms with Gasteiger partial charge in [0.2, 0.25) is 0 Å². The minimum Gasteiger partial charge on any atom is -0.406 e. The third-order valence-electron chi connectivity index (χ3n) is 2.54. The van der Waals surface area contributed by atoms with Crippen LogP contribution in [0.25, 0.3) is 0 Å². The van der Waals surface area contributed by atoms with Crippen molar-refractivity contribution in [2.45, 2.75) is 11.9 Å². The van der Waals surface area contributed by atoms with E-state index in [1.165, 1.54) is 12.1 Å². The molecule has 0 unspecified atom stereocenters. The number of hydrogen-bond acceptors (Lipinski definition) is 3. The molecule has 3 nitrogen and oxygen atoms in total. The van der Waals surface area contributed by atoms with Crippen LogP contribution in [0.5, 0.6) is 5.75 Å². The van der Waals surface area contributed by atoms with E-state index >= 15 is 0 Å².